The molecule has 0 bridgehead atoms. The lowest BCUT2D eigenvalue weighted by molar-refractivity contribution is -0.178. The van der Waals surface area contributed by atoms with E-state index >= 15 is 0 Å². The van der Waals surface area contributed by atoms with Crippen molar-refractivity contribution in [2.24, 2.45) is 5.92 Å². The number of carbonyl (C=O) groups excluding carboxylic acids is 1. The zero-order valence-electron chi connectivity index (χ0n) is 9.22. The maximum atomic E-state index is 11.7. The Morgan fingerprint density at radius 2 is 1.94 bits per heavy atom. The van der Waals surface area contributed by atoms with Crippen molar-refractivity contribution in [3.05, 3.63) is 0 Å². The number of nitrogens with zero attached hydrogens (tertiary/aromatic N) is 1. The highest BCUT2D eigenvalue weighted by molar-refractivity contribution is 5.77. The number of alkyl halides is 3. The van der Waals surface area contributed by atoms with Crippen LogP contribution in [0, 0.1) is 5.92 Å². The van der Waals surface area contributed by atoms with Gasteiger partial charge in [-0.15, -0.1) is 0 Å². The fourth-order valence-electron chi connectivity index (χ4n) is 1.60. The molecule has 0 N–H and O–H groups in total. The third-order valence-corrected chi connectivity index (χ3v) is 2.63. The van der Waals surface area contributed by atoms with Crippen LogP contribution >= 0.6 is 0 Å². The molecule has 0 aromatic rings. The van der Waals surface area contributed by atoms with Crippen LogP contribution in [0.15, 0.2) is 0 Å². The zero-order chi connectivity index (χ0) is 12.2. The normalized spacial score (nSPS) is 18.9. The van der Waals surface area contributed by atoms with Crippen LogP contribution in [-0.4, -0.2) is 43.3 Å². The van der Waals surface area contributed by atoms with Crippen molar-refractivity contribution >= 4 is 5.91 Å². The molecule has 0 saturated carbocycles. The van der Waals surface area contributed by atoms with E-state index < -0.39 is 19.4 Å². The molecule has 94 valence electrons. The number of hydrogen-bond acceptors (Lipinski definition) is 2. The van der Waals surface area contributed by atoms with Gasteiger partial charge in [0.15, 0.2) is 0 Å². The second kappa shape index (κ2) is 5.52. The van der Waals surface area contributed by atoms with Crippen LogP contribution in [0.1, 0.15) is 19.8 Å². The summed E-state index contributed by atoms with van der Waals surface area (Å²) in [4.78, 5) is 13.0. The molecule has 1 heterocycles. The molecule has 1 aliphatic rings. The van der Waals surface area contributed by atoms with Gasteiger partial charge in [0.1, 0.15) is 13.2 Å². The lowest BCUT2D eigenvalue weighted by Crippen LogP contribution is -2.40. The van der Waals surface area contributed by atoms with E-state index in [-0.39, 0.29) is 5.91 Å². The number of likely N-dealkylation sites (tertiary alicyclic amines) is 1. The number of ether oxygens (including phenoxy) is 1. The van der Waals surface area contributed by atoms with Crippen LogP contribution in [0.25, 0.3) is 0 Å². The minimum Gasteiger partial charge on any atom is -0.362 e. The molecule has 0 radical (unpaired) electrons. The van der Waals surface area contributed by atoms with Gasteiger partial charge in [-0.3, -0.25) is 4.79 Å². The Morgan fingerprint density at radius 1 is 1.38 bits per heavy atom. The minimum absolute atomic E-state index is 0.351. The Kier molecular flexibility index (Phi) is 4.58. The Labute approximate surface area is 92.5 Å². The van der Waals surface area contributed by atoms with Crippen molar-refractivity contribution in [3.63, 3.8) is 0 Å². The van der Waals surface area contributed by atoms with Crippen LogP contribution in [0.5, 0.6) is 0 Å². The Hall–Kier alpha value is -0.780. The van der Waals surface area contributed by atoms with Crippen LogP contribution in [0.2, 0.25) is 0 Å². The molecule has 0 aromatic heterocycles. The van der Waals surface area contributed by atoms with E-state index in [1.54, 1.807) is 4.90 Å². The maximum absolute atomic E-state index is 11.7. The number of halogens is 3. The van der Waals surface area contributed by atoms with Gasteiger partial charge in [0.2, 0.25) is 5.91 Å². The van der Waals surface area contributed by atoms with Crippen molar-refractivity contribution in [2.75, 3.05) is 26.3 Å². The van der Waals surface area contributed by atoms with E-state index in [1.165, 1.54) is 0 Å². The largest absolute Gasteiger partial charge is 0.411 e. The third kappa shape index (κ3) is 4.83. The summed E-state index contributed by atoms with van der Waals surface area (Å²) in [5.41, 5.74) is 0. The van der Waals surface area contributed by atoms with Crippen molar-refractivity contribution < 1.29 is 22.7 Å². The number of rotatable bonds is 3. The molecule has 0 aromatic carbocycles. The van der Waals surface area contributed by atoms with E-state index in [2.05, 4.69) is 11.7 Å². The molecule has 0 atom stereocenters. The van der Waals surface area contributed by atoms with E-state index in [4.69, 9.17) is 0 Å². The average Bonchev–Trinajstić information content (AvgIpc) is 2.16. The summed E-state index contributed by atoms with van der Waals surface area (Å²) in [6.07, 6.45) is -2.55. The van der Waals surface area contributed by atoms with Gasteiger partial charge in [-0.2, -0.15) is 13.2 Å². The molecular weight excluding hydrogens is 223 g/mol. The molecule has 3 nitrogen and oxygen atoms in total. The molecule has 1 saturated heterocycles. The fourth-order valence-corrected chi connectivity index (χ4v) is 1.60. The fraction of sp³-hybridized carbons (Fsp3) is 0.900. The smallest absolute Gasteiger partial charge is 0.362 e. The Balaban J connectivity index is 2.20. The molecule has 1 aliphatic heterocycles. The maximum Gasteiger partial charge on any atom is 0.411 e. The van der Waals surface area contributed by atoms with E-state index in [1.807, 2.05) is 0 Å². The topological polar surface area (TPSA) is 29.5 Å². The highest BCUT2D eigenvalue weighted by Gasteiger charge is 2.28. The second-order valence-electron chi connectivity index (χ2n) is 4.17. The predicted octanol–water partition coefficient (Wildman–Crippen LogP) is 1.82. The molecular formula is C10H16F3NO2. The minimum atomic E-state index is -4.36. The molecule has 0 aliphatic carbocycles. The third-order valence-electron chi connectivity index (χ3n) is 2.63. The van der Waals surface area contributed by atoms with E-state index in [9.17, 15) is 18.0 Å². The summed E-state index contributed by atoms with van der Waals surface area (Å²) in [7, 11) is 0. The van der Waals surface area contributed by atoms with Gasteiger partial charge < -0.3 is 9.64 Å². The summed E-state index contributed by atoms with van der Waals surface area (Å²) in [5.74, 6) is 0.233. The van der Waals surface area contributed by atoms with Gasteiger partial charge >= 0.3 is 6.18 Å². The highest BCUT2D eigenvalue weighted by atomic mass is 19.4. The van der Waals surface area contributed by atoms with E-state index in [0.717, 1.165) is 12.8 Å². The van der Waals surface area contributed by atoms with Crippen LogP contribution in [0.3, 0.4) is 0 Å². The van der Waals surface area contributed by atoms with Crippen molar-refractivity contribution in [3.8, 4) is 0 Å². The number of hydrogen-bond donors (Lipinski definition) is 0. The van der Waals surface area contributed by atoms with Gasteiger partial charge in [0, 0.05) is 13.1 Å². The first-order valence-corrected chi connectivity index (χ1v) is 5.31. The second-order valence-corrected chi connectivity index (χ2v) is 4.17. The number of piperidine rings is 1. The summed E-state index contributed by atoms with van der Waals surface area (Å²) in [6.45, 7) is 1.50. The van der Waals surface area contributed by atoms with Gasteiger partial charge in [0.05, 0.1) is 0 Å². The molecule has 1 fully saturated rings. The monoisotopic (exact) mass is 239 g/mol. The van der Waals surface area contributed by atoms with Crippen LogP contribution < -0.4 is 0 Å². The predicted molar refractivity (Wildman–Crippen MR) is 51.9 cm³/mol. The molecule has 0 unspecified atom stereocenters. The van der Waals surface area contributed by atoms with Crippen molar-refractivity contribution in [2.45, 2.75) is 25.9 Å². The first-order valence-electron chi connectivity index (χ1n) is 5.31. The van der Waals surface area contributed by atoms with Crippen LogP contribution in [-0.2, 0) is 9.53 Å². The van der Waals surface area contributed by atoms with E-state index in [0.29, 0.717) is 19.0 Å². The molecule has 16 heavy (non-hydrogen) atoms. The lowest BCUT2D eigenvalue weighted by atomic mass is 9.99. The van der Waals surface area contributed by atoms with Crippen molar-refractivity contribution in [1.82, 2.24) is 4.90 Å². The molecule has 6 heteroatoms. The highest BCUT2D eigenvalue weighted by Crippen LogP contribution is 2.17. The van der Waals surface area contributed by atoms with Crippen LogP contribution in [0.4, 0.5) is 13.2 Å². The number of carbonyl (C=O) groups is 1. The SMILES string of the molecule is CC1CCN(C(=O)COCC(F)(F)F)CC1. The standard InChI is InChI=1S/C10H16F3NO2/c1-8-2-4-14(5-3-8)9(15)6-16-7-10(11,12)13/h8H,2-7H2,1H3. The first kappa shape index (κ1) is 13.3. The summed E-state index contributed by atoms with van der Waals surface area (Å²) in [5, 5.41) is 0. The lowest BCUT2D eigenvalue weighted by Gasteiger charge is -2.30. The van der Waals surface area contributed by atoms with Gasteiger partial charge in [-0.25, -0.2) is 0 Å². The quantitative estimate of drug-likeness (QED) is 0.752. The first-order chi connectivity index (χ1) is 7.38. The van der Waals surface area contributed by atoms with Gasteiger partial charge in [-0.05, 0) is 18.8 Å². The van der Waals surface area contributed by atoms with Gasteiger partial charge in [0.25, 0.3) is 0 Å². The van der Waals surface area contributed by atoms with Crippen molar-refractivity contribution in [1.29, 1.82) is 0 Å². The zero-order valence-corrected chi connectivity index (χ0v) is 9.22. The molecule has 1 amide bonds. The summed E-state index contributed by atoms with van der Waals surface area (Å²) < 4.78 is 39.6. The Bertz CT molecular complexity index is 235. The Morgan fingerprint density at radius 3 is 2.44 bits per heavy atom. The number of amides is 1. The summed E-state index contributed by atoms with van der Waals surface area (Å²) >= 11 is 0. The molecule has 0 spiro atoms. The molecule has 1 rings (SSSR count). The summed E-state index contributed by atoms with van der Waals surface area (Å²) in [6, 6.07) is 0. The average molecular weight is 239 g/mol. The van der Waals surface area contributed by atoms with Gasteiger partial charge in [-0.1, -0.05) is 6.92 Å².